The third-order valence-electron chi connectivity index (χ3n) is 18.6. The van der Waals surface area contributed by atoms with E-state index >= 15 is 0 Å². The van der Waals surface area contributed by atoms with E-state index in [9.17, 15) is 8.42 Å². The smallest absolute Gasteiger partial charge is 0.206 e. The third-order valence-corrected chi connectivity index (χ3v) is 20.4. The molecule has 0 bridgehead atoms. The number of benzene rings is 8. The van der Waals surface area contributed by atoms with E-state index < -0.39 is 9.84 Å². The average molecular weight is 1180 g/mol. The molecule has 0 saturated heterocycles. The first-order chi connectivity index (χ1) is 39.7. The summed E-state index contributed by atoms with van der Waals surface area (Å²) in [5.41, 5.74) is 19.2. The number of rotatable bonds is 10. The Morgan fingerprint density at radius 1 is 0.184 bits per heavy atom. The van der Waals surface area contributed by atoms with Crippen LogP contribution in [0.5, 0.6) is 0 Å². The highest BCUT2D eigenvalue weighted by molar-refractivity contribution is 7.91. The lowest BCUT2D eigenvalue weighted by Crippen LogP contribution is -2.23. The molecule has 0 heterocycles. The lowest BCUT2D eigenvalue weighted by Gasteiger charge is -2.31. The molecule has 0 spiro atoms. The summed E-state index contributed by atoms with van der Waals surface area (Å²) in [5, 5.41) is 0. The Kier molecular flexibility index (Phi) is 20.3. The minimum Gasteiger partial charge on any atom is -0.219 e. The first kappa shape index (κ1) is 69.8. The van der Waals surface area contributed by atoms with Gasteiger partial charge in [0.25, 0.3) is 0 Å². The molecule has 0 aliphatic rings. The number of hydrogen-bond acceptors (Lipinski definition) is 2. The standard InChI is InChI=1S/2C32H42.C20H26O2S/c1-29(2,3)23-11-15-25(16-12-23)31(7,8)27-19-21-28(22-20-27)32(9,10)26-17-13-24(14-18-26)30(4,5)6;1-29(2,3)23-14-18-25(19-15-23)31(7,8)27-12-11-13-28(22-27)32(9,10)26-20-16-24(17-21-26)30(4,5)6;1-19(2,3)15-7-11-17(12-8-15)23(21,22)18-13-9-16(10-14-18)20(4,5)6/h2*11-22H,1-10H3;7-14H,1-6H3. The van der Waals surface area contributed by atoms with Gasteiger partial charge in [0.2, 0.25) is 9.84 Å². The maximum atomic E-state index is 12.8. The van der Waals surface area contributed by atoms with E-state index in [-0.39, 0.29) is 54.1 Å². The summed E-state index contributed by atoms with van der Waals surface area (Å²) in [5.74, 6) is 0. The van der Waals surface area contributed by atoms with Crippen LogP contribution >= 0.6 is 0 Å². The predicted molar refractivity (Wildman–Crippen MR) is 378 cm³/mol. The topological polar surface area (TPSA) is 34.1 Å². The summed E-state index contributed by atoms with van der Waals surface area (Å²) in [6, 6.07) is 69.6. The Morgan fingerprint density at radius 2 is 0.322 bits per heavy atom. The Morgan fingerprint density at radius 3 is 0.483 bits per heavy atom. The maximum absolute atomic E-state index is 12.8. The van der Waals surface area contributed by atoms with Gasteiger partial charge in [-0.15, -0.1) is 0 Å². The Bertz CT molecular complexity index is 3400. The summed E-state index contributed by atoms with van der Waals surface area (Å²) >= 11 is 0. The van der Waals surface area contributed by atoms with E-state index in [0.29, 0.717) is 9.79 Å². The van der Waals surface area contributed by atoms with Crippen molar-refractivity contribution in [1.82, 2.24) is 0 Å². The molecule has 0 amide bonds. The SMILES string of the molecule is CC(C)(C)c1ccc(C(C)(C)c2ccc(C(C)(C)c3ccc(C(C)(C)C)cc3)cc2)cc1.CC(C)(C)c1ccc(C(C)(C)c2cccc(C(C)(C)c3ccc(C(C)(C)C)cc3)c2)cc1.CC(C)(C)c1ccc(S(=O)(=O)c2ccc(C(C)(C)C)cc2)cc1. The molecule has 0 unspecified atom stereocenters. The van der Waals surface area contributed by atoms with Crippen molar-refractivity contribution in [2.45, 2.75) is 244 Å². The van der Waals surface area contributed by atoms with Gasteiger partial charge in [0, 0.05) is 21.7 Å². The molecular weight excluding hydrogens is 1070 g/mol. The zero-order valence-electron chi connectivity index (χ0n) is 58.7. The van der Waals surface area contributed by atoms with Crippen molar-refractivity contribution in [2.75, 3.05) is 0 Å². The van der Waals surface area contributed by atoms with Gasteiger partial charge in [0.15, 0.2) is 0 Å². The summed E-state index contributed by atoms with van der Waals surface area (Å²) in [6.07, 6.45) is 0. The number of sulfone groups is 1. The van der Waals surface area contributed by atoms with E-state index in [0.717, 1.165) is 11.1 Å². The summed E-state index contributed by atoms with van der Waals surface area (Å²) < 4.78 is 25.5. The van der Waals surface area contributed by atoms with Gasteiger partial charge in [0.05, 0.1) is 9.79 Å². The molecule has 8 aromatic rings. The van der Waals surface area contributed by atoms with Crippen LogP contribution in [0.2, 0.25) is 0 Å². The van der Waals surface area contributed by atoms with Gasteiger partial charge < -0.3 is 0 Å². The Hall–Kier alpha value is -6.29. The summed E-state index contributed by atoms with van der Waals surface area (Å²) in [4.78, 5) is 0.683. The van der Waals surface area contributed by atoms with Gasteiger partial charge >= 0.3 is 0 Å². The average Bonchev–Trinajstić information content (AvgIpc) is 1.11. The van der Waals surface area contributed by atoms with Crippen LogP contribution in [0.3, 0.4) is 0 Å². The summed E-state index contributed by atoms with van der Waals surface area (Å²) in [6.45, 7) is 58.6. The normalized spacial score (nSPS) is 13.3. The second-order valence-corrected chi connectivity index (χ2v) is 35.0. The molecule has 3 heteroatoms. The van der Waals surface area contributed by atoms with Crippen molar-refractivity contribution >= 4 is 9.84 Å². The Labute approximate surface area is 531 Å². The molecule has 87 heavy (non-hydrogen) atoms. The Balaban J connectivity index is 0.000000212. The molecule has 0 atom stereocenters. The molecule has 2 nitrogen and oxygen atoms in total. The van der Waals surface area contributed by atoms with Crippen LogP contribution in [-0.4, -0.2) is 8.42 Å². The second kappa shape index (κ2) is 25.3. The van der Waals surface area contributed by atoms with E-state index in [1.165, 1.54) is 66.8 Å². The van der Waals surface area contributed by atoms with Gasteiger partial charge in [-0.3, -0.25) is 0 Å². The fourth-order valence-electron chi connectivity index (χ4n) is 11.2. The van der Waals surface area contributed by atoms with Crippen molar-refractivity contribution < 1.29 is 8.42 Å². The molecule has 0 fully saturated rings. The highest BCUT2D eigenvalue weighted by Gasteiger charge is 2.31. The molecule has 0 aromatic heterocycles. The lowest BCUT2D eigenvalue weighted by molar-refractivity contribution is 0.584. The molecule has 0 saturated carbocycles. The molecular formula is C84H110O2S. The molecule has 8 rings (SSSR count). The highest BCUT2D eigenvalue weighted by Crippen LogP contribution is 2.41. The van der Waals surface area contributed by atoms with Crippen molar-refractivity contribution in [1.29, 1.82) is 0 Å². The van der Waals surface area contributed by atoms with E-state index in [2.05, 4.69) is 326 Å². The first-order valence-electron chi connectivity index (χ1n) is 31.8. The minimum atomic E-state index is -3.46. The van der Waals surface area contributed by atoms with E-state index in [1.54, 1.807) is 24.3 Å². The van der Waals surface area contributed by atoms with Crippen LogP contribution < -0.4 is 0 Å². The van der Waals surface area contributed by atoms with Crippen LogP contribution in [0.4, 0.5) is 0 Å². The largest absolute Gasteiger partial charge is 0.219 e. The highest BCUT2D eigenvalue weighted by atomic mass is 32.2. The van der Waals surface area contributed by atoms with Crippen LogP contribution in [0.1, 0.15) is 258 Å². The molecule has 0 N–H and O–H groups in total. The fourth-order valence-corrected chi connectivity index (χ4v) is 12.5. The van der Waals surface area contributed by atoms with Crippen molar-refractivity contribution in [3.8, 4) is 0 Å². The molecule has 0 aliphatic heterocycles. The lowest BCUT2D eigenvalue weighted by atomic mass is 9.72. The second-order valence-electron chi connectivity index (χ2n) is 33.0. The molecule has 8 aromatic carbocycles. The van der Waals surface area contributed by atoms with Crippen LogP contribution in [-0.2, 0) is 64.0 Å². The van der Waals surface area contributed by atoms with Crippen LogP contribution in [0.25, 0.3) is 0 Å². The van der Waals surface area contributed by atoms with E-state index in [1.807, 2.05) is 24.3 Å². The molecule has 0 aliphatic carbocycles. The van der Waals surface area contributed by atoms with Gasteiger partial charge in [-0.1, -0.05) is 350 Å². The maximum Gasteiger partial charge on any atom is 0.206 e. The van der Waals surface area contributed by atoms with Gasteiger partial charge in [-0.05, 0) is 135 Å². The molecule has 464 valence electrons. The first-order valence-corrected chi connectivity index (χ1v) is 33.3. The third kappa shape index (κ3) is 16.7. The van der Waals surface area contributed by atoms with Crippen molar-refractivity contribution in [3.05, 3.63) is 272 Å². The van der Waals surface area contributed by atoms with Crippen LogP contribution in [0.15, 0.2) is 204 Å². The zero-order chi connectivity index (χ0) is 65.4. The fraction of sp³-hybridized carbons (Fsp3) is 0.429. The van der Waals surface area contributed by atoms with Crippen molar-refractivity contribution in [2.24, 2.45) is 0 Å². The van der Waals surface area contributed by atoms with Crippen LogP contribution in [0, 0.1) is 0 Å². The minimum absolute atomic E-state index is 0.0106. The predicted octanol–water partition coefficient (Wildman–Crippen LogP) is 23.0. The van der Waals surface area contributed by atoms with Gasteiger partial charge in [-0.25, -0.2) is 8.42 Å². The van der Waals surface area contributed by atoms with Gasteiger partial charge in [0.1, 0.15) is 0 Å². The number of hydrogen-bond donors (Lipinski definition) is 0. The van der Waals surface area contributed by atoms with Gasteiger partial charge in [-0.2, -0.15) is 0 Å². The monoisotopic (exact) mass is 1180 g/mol. The van der Waals surface area contributed by atoms with Crippen molar-refractivity contribution in [3.63, 3.8) is 0 Å². The van der Waals surface area contributed by atoms with E-state index in [4.69, 9.17) is 0 Å². The molecule has 0 radical (unpaired) electrons. The summed E-state index contributed by atoms with van der Waals surface area (Å²) in [7, 11) is -3.46. The zero-order valence-corrected chi connectivity index (χ0v) is 59.5. The quantitative estimate of drug-likeness (QED) is 0.137.